The molecule has 23 heavy (non-hydrogen) atoms. The van der Waals surface area contributed by atoms with Crippen molar-refractivity contribution in [3.63, 3.8) is 0 Å². The van der Waals surface area contributed by atoms with Crippen LogP contribution < -0.4 is 5.32 Å². The van der Waals surface area contributed by atoms with Gasteiger partial charge in [0.25, 0.3) is 0 Å². The first-order valence-corrected chi connectivity index (χ1v) is 6.29. The Balaban J connectivity index is 2.42. The summed E-state index contributed by atoms with van der Waals surface area (Å²) in [6, 6.07) is 0.535. The van der Waals surface area contributed by atoms with Gasteiger partial charge in [-0.1, -0.05) is 0 Å². The number of hydrogen-bond donors (Lipinski definition) is 2. The Hall–Kier alpha value is -2.23. The minimum absolute atomic E-state index is 0.597. The van der Waals surface area contributed by atoms with Gasteiger partial charge in [-0.3, -0.25) is 4.79 Å². The Morgan fingerprint density at radius 3 is 2.52 bits per heavy atom. The van der Waals surface area contributed by atoms with Crippen LogP contribution in [0.25, 0.3) is 0 Å². The fourth-order valence-electron chi connectivity index (χ4n) is 2.32. The van der Waals surface area contributed by atoms with E-state index in [4.69, 9.17) is 5.11 Å². The lowest BCUT2D eigenvalue weighted by atomic mass is 9.92. The molecule has 1 unspecified atom stereocenters. The normalized spacial score (nSPS) is 25.3. The van der Waals surface area contributed by atoms with Gasteiger partial charge in [-0.2, -0.15) is 13.2 Å². The molecule has 1 aromatic rings. The molecule has 0 bridgehead atoms. The zero-order valence-electron chi connectivity index (χ0n) is 11.2. The lowest BCUT2D eigenvalue weighted by molar-refractivity contribution is -0.239. The Bertz CT molecular complexity index is 633. The molecule has 1 amide bonds. The van der Waals surface area contributed by atoms with E-state index in [1.807, 2.05) is 0 Å². The molecule has 1 heterocycles. The molecule has 126 valence electrons. The Kier molecular flexibility index (Phi) is 4.55. The summed E-state index contributed by atoms with van der Waals surface area (Å²) < 4.78 is 70.0. The molecule has 1 aromatic carbocycles. The third-order valence-electron chi connectivity index (χ3n) is 3.23. The molecule has 0 aromatic heterocycles. The van der Waals surface area contributed by atoms with E-state index in [0.29, 0.717) is 12.1 Å². The van der Waals surface area contributed by atoms with Crippen LogP contribution in [0.4, 0.5) is 26.7 Å². The summed E-state index contributed by atoms with van der Waals surface area (Å²) >= 11 is 0. The maximum atomic E-state index is 13.8. The van der Waals surface area contributed by atoms with Crippen LogP contribution in [0.1, 0.15) is 18.1 Å². The van der Waals surface area contributed by atoms with Crippen molar-refractivity contribution in [2.45, 2.75) is 30.8 Å². The van der Waals surface area contributed by atoms with Gasteiger partial charge in [-0.25, -0.2) is 13.6 Å². The van der Waals surface area contributed by atoms with Gasteiger partial charge >= 0.3 is 12.3 Å². The number of nitrogens with one attached hydrogen (secondary N) is 1. The van der Waals surface area contributed by atoms with Gasteiger partial charge in [0, 0.05) is 12.0 Å². The van der Waals surface area contributed by atoms with Crippen molar-refractivity contribution in [2.75, 3.05) is 0 Å². The molecule has 0 spiro atoms. The molecule has 2 N–H and O–H groups in total. The molecular weight excluding hydrogens is 329 g/mol. The number of amides is 1. The summed E-state index contributed by atoms with van der Waals surface area (Å²) in [4.78, 5) is 22.2. The number of carbonyl (C=O) groups is 2. The minimum Gasteiger partial charge on any atom is -0.465 e. The lowest BCUT2D eigenvalue weighted by Crippen LogP contribution is -2.53. The van der Waals surface area contributed by atoms with Gasteiger partial charge in [-0.05, 0) is 18.2 Å². The number of hydrogen-bond acceptors (Lipinski definition) is 3. The monoisotopic (exact) mass is 339 g/mol. The Morgan fingerprint density at radius 2 is 1.96 bits per heavy atom. The van der Waals surface area contributed by atoms with Crippen LogP contribution >= 0.6 is 0 Å². The highest BCUT2D eigenvalue weighted by Gasteiger charge is 2.52. The highest BCUT2D eigenvalue weighted by molar-refractivity contribution is 5.86. The van der Waals surface area contributed by atoms with Gasteiger partial charge < -0.3 is 15.2 Å². The zero-order valence-corrected chi connectivity index (χ0v) is 11.2. The molecule has 0 saturated carbocycles. The maximum absolute atomic E-state index is 13.8. The van der Waals surface area contributed by atoms with Crippen LogP contribution in [-0.2, 0) is 9.53 Å². The summed E-state index contributed by atoms with van der Waals surface area (Å²) in [7, 11) is 0. The van der Waals surface area contributed by atoms with Crippen LogP contribution in [0.2, 0.25) is 0 Å². The second-order valence-corrected chi connectivity index (χ2v) is 4.87. The predicted octanol–water partition coefficient (Wildman–Crippen LogP) is 2.56. The minimum atomic E-state index is -5.05. The summed E-state index contributed by atoms with van der Waals surface area (Å²) in [6.07, 6.45) is -12.2. The topological polar surface area (TPSA) is 75.6 Å². The smallest absolute Gasteiger partial charge is 0.421 e. The Morgan fingerprint density at radius 1 is 1.30 bits per heavy atom. The molecule has 10 heteroatoms. The number of ether oxygens (including phenoxy) is 1. The van der Waals surface area contributed by atoms with Gasteiger partial charge in [0.05, 0.1) is 6.04 Å². The second-order valence-electron chi connectivity index (χ2n) is 4.87. The van der Waals surface area contributed by atoms with E-state index in [2.05, 4.69) is 4.74 Å². The summed E-state index contributed by atoms with van der Waals surface area (Å²) in [5.41, 5.74) is -0.606. The molecule has 1 aliphatic rings. The molecule has 0 aliphatic carbocycles. The standard InChI is InChI=1S/C13H10F5NO4/c14-5-1-2-7(15)6(3-5)10-8(19-12(21)22)4-9(20)11(23-10)13(16,17)18/h1-3,8,10-11,19H,4H2,(H,21,22)/t8-,10+,11?/m0/s1. The van der Waals surface area contributed by atoms with E-state index < -0.39 is 59.9 Å². The fraction of sp³-hybridized carbons (Fsp3) is 0.385. The van der Waals surface area contributed by atoms with Gasteiger partial charge in [0.1, 0.15) is 17.7 Å². The van der Waals surface area contributed by atoms with Crippen molar-refractivity contribution < 1.29 is 41.4 Å². The van der Waals surface area contributed by atoms with E-state index in [-0.39, 0.29) is 0 Å². The van der Waals surface area contributed by atoms with E-state index in [0.717, 1.165) is 6.07 Å². The van der Waals surface area contributed by atoms with Crippen molar-refractivity contribution >= 4 is 11.9 Å². The number of carboxylic acid groups (broad SMARTS) is 1. The van der Waals surface area contributed by atoms with E-state index >= 15 is 0 Å². The molecular formula is C13H10F5NO4. The van der Waals surface area contributed by atoms with Gasteiger partial charge in [0.15, 0.2) is 5.78 Å². The van der Waals surface area contributed by atoms with Crippen LogP contribution in [0.3, 0.4) is 0 Å². The van der Waals surface area contributed by atoms with E-state index in [9.17, 15) is 31.5 Å². The summed E-state index contributed by atoms with van der Waals surface area (Å²) in [6.45, 7) is 0. The molecule has 5 nitrogen and oxygen atoms in total. The lowest BCUT2D eigenvalue weighted by Gasteiger charge is -2.36. The third-order valence-corrected chi connectivity index (χ3v) is 3.23. The number of rotatable bonds is 2. The van der Waals surface area contributed by atoms with Crippen molar-refractivity contribution in [3.05, 3.63) is 35.4 Å². The first-order chi connectivity index (χ1) is 10.6. The van der Waals surface area contributed by atoms with Crippen molar-refractivity contribution in [3.8, 4) is 0 Å². The number of carbonyl (C=O) groups excluding carboxylic acids is 1. The second kappa shape index (κ2) is 6.11. The highest BCUT2D eigenvalue weighted by Crippen LogP contribution is 2.37. The van der Waals surface area contributed by atoms with Crippen molar-refractivity contribution in [1.82, 2.24) is 5.32 Å². The van der Waals surface area contributed by atoms with Crippen molar-refractivity contribution in [1.29, 1.82) is 0 Å². The van der Waals surface area contributed by atoms with E-state index in [1.54, 1.807) is 5.32 Å². The molecule has 1 fully saturated rings. The van der Waals surface area contributed by atoms with Crippen LogP contribution in [0, 0.1) is 11.6 Å². The third kappa shape index (κ3) is 3.76. The zero-order chi connectivity index (χ0) is 17.4. The average molecular weight is 339 g/mol. The number of ketones is 1. The van der Waals surface area contributed by atoms with Crippen LogP contribution in [0.5, 0.6) is 0 Å². The molecule has 3 atom stereocenters. The number of Topliss-reactive ketones (excluding diaryl/α,β-unsaturated/α-hetero) is 1. The molecule has 0 radical (unpaired) electrons. The van der Waals surface area contributed by atoms with Crippen LogP contribution in [-0.4, -0.2) is 35.3 Å². The first kappa shape index (κ1) is 17.1. The fourth-order valence-corrected chi connectivity index (χ4v) is 2.32. The quantitative estimate of drug-likeness (QED) is 0.812. The molecule has 1 saturated heterocycles. The average Bonchev–Trinajstić information content (AvgIpc) is 2.40. The molecule has 1 aliphatic heterocycles. The SMILES string of the molecule is O=C(O)N[C@H]1CC(=O)C(C(F)(F)F)O[C@@H]1c1cc(F)ccc1F. The maximum Gasteiger partial charge on any atom is 0.421 e. The number of halogens is 5. The first-order valence-electron chi connectivity index (χ1n) is 6.29. The van der Waals surface area contributed by atoms with E-state index in [1.165, 1.54) is 0 Å². The van der Waals surface area contributed by atoms with Gasteiger partial charge in [-0.15, -0.1) is 0 Å². The summed E-state index contributed by atoms with van der Waals surface area (Å²) in [5.74, 6) is -3.42. The van der Waals surface area contributed by atoms with Gasteiger partial charge in [0.2, 0.25) is 6.10 Å². The predicted molar refractivity (Wildman–Crippen MR) is 64.6 cm³/mol. The number of benzene rings is 1. The molecule has 2 rings (SSSR count). The Labute approximate surface area is 126 Å². The van der Waals surface area contributed by atoms with Crippen LogP contribution in [0.15, 0.2) is 18.2 Å². The number of alkyl halides is 3. The highest BCUT2D eigenvalue weighted by atomic mass is 19.4. The van der Waals surface area contributed by atoms with Crippen molar-refractivity contribution in [2.24, 2.45) is 0 Å². The largest absolute Gasteiger partial charge is 0.465 e. The summed E-state index contributed by atoms with van der Waals surface area (Å²) in [5, 5.41) is 10.5.